The Balaban J connectivity index is 1.65. The summed E-state index contributed by atoms with van der Waals surface area (Å²) >= 11 is 3.69. The van der Waals surface area contributed by atoms with Gasteiger partial charge in [0.15, 0.2) is 0 Å². The van der Waals surface area contributed by atoms with Crippen LogP contribution in [-0.4, -0.2) is 29.4 Å². The van der Waals surface area contributed by atoms with Gasteiger partial charge in [0, 0.05) is 4.83 Å². The molecule has 0 atom stereocenters. The smallest absolute Gasteiger partial charge is 0.0170 e. The van der Waals surface area contributed by atoms with Crippen LogP contribution in [0.1, 0.15) is 24.8 Å². The first kappa shape index (κ1) is 12.1. The third-order valence-corrected chi connectivity index (χ3v) is 4.22. The van der Waals surface area contributed by atoms with Gasteiger partial charge in [-0.05, 0) is 50.9 Å². The molecule has 0 unspecified atom stereocenters. The summed E-state index contributed by atoms with van der Waals surface area (Å²) in [6, 6.07) is 10.8. The Hall–Kier alpha value is -0.340. The summed E-state index contributed by atoms with van der Waals surface area (Å²) < 4.78 is 0. The van der Waals surface area contributed by atoms with E-state index in [-0.39, 0.29) is 0 Å². The monoisotopic (exact) mass is 281 g/mol. The highest BCUT2D eigenvalue weighted by Gasteiger charge is 2.15. The summed E-state index contributed by atoms with van der Waals surface area (Å²) in [5, 5.41) is 0. The summed E-state index contributed by atoms with van der Waals surface area (Å²) in [6.45, 7) is 3.80. The van der Waals surface area contributed by atoms with Gasteiger partial charge in [-0.3, -0.25) is 0 Å². The molecule has 1 fully saturated rings. The number of piperidine rings is 1. The van der Waals surface area contributed by atoms with E-state index in [9.17, 15) is 0 Å². The fourth-order valence-corrected chi connectivity index (χ4v) is 2.69. The Morgan fingerprint density at radius 2 is 1.81 bits per heavy atom. The molecule has 1 aromatic carbocycles. The highest BCUT2D eigenvalue weighted by Crippen LogP contribution is 2.17. The van der Waals surface area contributed by atoms with Crippen molar-refractivity contribution in [1.29, 1.82) is 0 Å². The van der Waals surface area contributed by atoms with E-state index in [1.165, 1.54) is 50.9 Å². The standard InChI is InChI=1S/C14H20BrN/c15-14-8-11-16(12-9-14)10-4-7-13-5-2-1-3-6-13/h1-3,5-6,14H,4,7-12H2. The quantitative estimate of drug-likeness (QED) is 0.764. The maximum absolute atomic E-state index is 3.69. The SMILES string of the molecule is BrC1CCN(CCCc2ccccc2)CC1. The van der Waals surface area contributed by atoms with Gasteiger partial charge in [-0.2, -0.15) is 0 Å². The highest BCUT2D eigenvalue weighted by atomic mass is 79.9. The zero-order valence-corrected chi connectivity index (χ0v) is 11.3. The number of alkyl halides is 1. The van der Waals surface area contributed by atoms with E-state index >= 15 is 0 Å². The molecule has 0 bridgehead atoms. The zero-order valence-electron chi connectivity index (χ0n) is 9.74. The topological polar surface area (TPSA) is 3.24 Å². The third-order valence-electron chi connectivity index (χ3n) is 3.30. The molecule has 1 nitrogen and oxygen atoms in total. The number of nitrogens with zero attached hydrogens (tertiary/aromatic N) is 1. The van der Waals surface area contributed by atoms with Crippen LogP contribution < -0.4 is 0 Å². The molecule has 0 amide bonds. The summed E-state index contributed by atoms with van der Waals surface area (Å²) in [7, 11) is 0. The van der Waals surface area contributed by atoms with Gasteiger partial charge in [0.25, 0.3) is 0 Å². The average Bonchev–Trinajstić information content (AvgIpc) is 2.33. The van der Waals surface area contributed by atoms with Crippen LogP contribution in [0.2, 0.25) is 0 Å². The van der Waals surface area contributed by atoms with Gasteiger partial charge in [0.1, 0.15) is 0 Å². The average molecular weight is 282 g/mol. The maximum atomic E-state index is 3.69. The molecule has 0 saturated carbocycles. The van der Waals surface area contributed by atoms with Gasteiger partial charge in [-0.1, -0.05) is 46.3 Å². The number of hydrogen-bond acceptors (Lipinski definition) is 1. The Morgan fingerprint density at radius 3 is 2.50 bits per heavy atom. The number of aryl methyl sites for hydroxylation is 1. The first-order valence-corrected chi connectivity index (χ1v) is 7.16. The Labute approximate surface area is 107 Å². The molecule has 0 N–H and O–H groups in total. The normalized spacial score (nSPS) is 18.8. The molecule has 1 heterocycles. The highest BCUT2D eigenvalue weighted by molar-refractivity contribution is 9.09. The number of hydrogen-bond donors (Lipinski definition) is 0. The van der Waals surface area contributed by atoms with Crippen molar-refractivity contribution in [3.05, 3.63) is 35.9 Å². The molecule has 1 saturated heterocycles. The molecule has 0 radical (unpaired) electrons. The van der Waals surface area contributed by atoms with E-state index in [4.69, 9.17) is 0 Å². The molecule has 1 aliphatic rings. The van der Waals surface area contributed by atoms with E-state index in [1.807, 2.05) is 0 Å². The molecular formula is C14H20BrN. The number of likely N-dealkylation sites (tertiary alicyclic amines) is 1. The minimum atomic E-state index is 0.762. The fourth-order valence-electron chi connectivity index (χ4n) is 2.28. The minimum Gasteiger partial charge on any atom is -0.303 e. The predicted molar refractivity (Wildman–Crippen MR) is 73.2 cm³/mol. The van der Waals surface area contributed by atoms with Crippen LogP contribution in [0, 0.1) is 0 Å². The van der Waals surface area contributed by atoms with E-state index in [0.29, 0.717) is 0 Å². The van der Waals surface area contributed by atoms with Gasteiger partial charge in [0.2, 0.25) is 0 Å². The molecule has 0 aromatic heterocycles. The van der Waals surface area contributed by atoms with E-state index in [0.717, 1.165) is 4.83 Å². The molecule has 0 spiro atoms. The van der Waals surface area contributed by atoms with Gasteiger partial charge >= 0.3 is 0 Å². The van der Waals surface area contributed by atoms with E-state index in [2.05, 4.69) is 51.2 Å². The summed E-state index contributed by atoms with van der Waals surface area (Å²) in [5.74, 6) is 0. The van der Waals surface area contributed by atoms with E-state index < -0.39 is 0 Å². The summed E-state index contributed by atoms with van der Waals surface area (Å²) in [6.07, 6.45) is 5.13. The lowest BCUT2D eigenvalue weighted by Gasteiger charge is -2.29. The Kier molecular flexibility index (Phi) is 4.86. The van der Waals surface area contributed by atoms with Crippen molar-refractivity contribution in [1.82, 2.24) is 4.90 Å². The maximum Gasteiger partial charge on any atom is 0.0170 e. The molecule has 0 aliphatic carbocycles. The number of benzene rings is 1. The molecular weight excluding hydrogens is 262 g/mol. The molecule has 2 heteroatoms. The second-order valence-corrected chi connectivity index (χ2v) is 5.90. The van der Waals surface area contributed by atoms with E-state index in [1.54, 1.807) is 0 Å². The van der Waals surface area contributed by atoms with Crippen LogP contribution in [0.3, 0.4) is 0 Å². The van der Waals surface area contributed by atoms with Crippen LogP contribution in [0.25, 0.3) is 0 Å². The molecule has 1 aliphatic heterocycles. The van der Waals surface area contributed by atoms with Crippen LogP contribution in [-0.2, 0) is 6.42 Å². The van der Waals surface area contributed by atoms with Crippen molar-refractivity contribution in [2.45, 2.75) is 30.5 Å². The van der Waals surface area contributed by atoms with Crippen molar-refractivity contribution < 1.29 is 0 Å². The summed E-state index contributed by atoms with van der Waals surface area (Å²) in [5.41, 5.74) is 1.47. The largest absolute Gasteiger partial charge is 0.303 e. The minimum absolute atomic E-state index is 0.762. The number of rotatable bonds is 4. The van der Waals surface area contributed by atoms with Crippen LogP contribution in [0.5, 0.6) is 0 Å². The van der Waals surface area contributed by atoms with Crippen molar-refractivity contribution >= 4 is 15.9 Å². The van der Waals surface area contributed by atoms with Crippen LogP contribution in [0.4, 0.5) is 0 Å². The first-order chi connectivity index (χ1) is 7.84. The Morgan fingerprint density at radius 1 is 1.12 bits per heavy atom. The molecule has 16 heavy (non-hydrogen) atoms. The van der Waals surface area contributed by atoms with Crippen molar-refractivity contribution in [2.24, 2.45) is 0 Å². The van der Waals surface area contributed by atoms with Gasteiger partial charge in [-0.15, -0.1) is 0 Å². The lowest BCUT2D eigenvalue weighted by molar-refractivity contribution is 0.232. The van der Waals surface area contributed by atoms with Gasteiger partial charge in [0.05, 0.1) is 0 Å². The van der Waals surface area contributed by atoms with Crippen molar-refractivity contribution in [3.8, 4) is 0 Å². The van der Waals surface area contributed by atoms with Crippen molar-refractivity contribution in [3.63, 3.8) is 0 Å². The van der Waals surface area contributed by atoms with Gasteiger partial charge in [-0.25, -0.2) is 0 Å². The molecule has 2 rings (SSSR count). The van der Waals surface area contributed by atoms with Gasteiger partial charge < -0.3 is 4.90 Å². The van der Waals surface area contributed by atoms with Crippen molar-refractivity contribution in [2.75, 3.05) is 19.6 Å². The summed E-state index contributed by atoms with van der Waals surface area (Å²) in [4.78, 5) is 3.36. The predicted octanol–water partition coefficient (Wildman–Crippen LogP) is 3.48. The Bertz CT molecular complexity index is 291. The van der Waals surface area contributed by atoms with Crippen LogP contribution in [0.15, 0.2) is 30.3 Å². The fraction of sp³-hybridized carbons (Fsp3) is 0.571. The second-order valence-electron chi connectivity index (χ2n) is 4.61. The molecule has 1 aromatic rings. The zero-order chi connectivity index (χ0) is 11.2. The number of halogens is 1. The second kappa shape index (κ2) is 6.41. The third kappa shape index (κ3) is 3.91. The first-order valence-electron chi connectivity index (χ1n) is 6.25. The molecule has 88 valence electrons. The van der Waals surface area contributed by atoms with Crippen LogP contribution >= 0.6 is 15.9 Å². The lowest BCUT2D eigenvalue weighted by atomic mass is 10.1. The lowest BCUT2D eigenvalue weighted by Crippen LogP contribution is -2.34.